The van der Waals surface area contributed by atoms with Crippen LogP contribution >= 0.6 is 0 Å². The molecule has 1 aliphatic rings. The van der Waals surface area contributed by atoms with Crippen LogP contribution in [-0.4, -0.2) is 9.55 Å². The first-order valence-electron chi connectivity index (χ1n) is 14.8. The third-order valence-corrected chi connectivity index (χ3v) is 9.30. The number of benzene rings is 7. The van der Waals surface area contributed by atoms with Crippen molar-refractivity contribution in [3.63, 3.8) is 0 Å². The first-order chi connectivity index (χ1) is 21.4. The summed E-state index contributed by atoms with van der Waals surface area (Å²) in [6.45, 7) is 0. The fourth-order valence-electron chi connectivity index (χ4n) is 7.61. The van der Waals surface area contributed by atoms with Crippen LogP contribution in [0.3, 0.4) is 0 Å². The first-order valence-corrected chi connectivity index (χ1v) is 14.8. The second-order valence-corrected chi connectivity index (χ2v) is 11.5. The summed E-state index contributed by atoms with van der Waals surface area (Å²) in [4.78, 5) is 5.23. The lowest BCUT2D eigenvalue weighted by Crippen LogP contribution is -1.99. The Kier molecular flexibility index (Phi) is 4.48. The SMILES string of the molecule is c1ccc(-c2cccc(-n3c4cccc5c4c4c6c(cccc6ccc43)-c3c-5c4ccccc4c4ccccc34)n2)cc1. The summed E-state index contributed by atoms with van der Waals surface area (Å²) in [5, 5.41) is 10.3. The molecule has 0 saturated carbocycles. The van der Waals surface area contributed by atoms with Gasteiger partial charge in [0.25, 0.3) is 0 Å². The summed E-state index contributed by atoms with van der Waals surface area (Å²) in [6, 6.07) is 52.8. The van der Waals surface area contributed by atoms with Crippen molar-refractivity contribution < 1.29 is 0 Å². The molecule has 9 aromatic rings. The van der Waals surface area contributed by atoms with Crippen LogP contribution in [0.2, 0.25) is 0 Å². The molecule has 1 aliphatic carbocycles. The second-order valence-electron chi connectivity index (χ2n) is 11.5. The first kappa shape index (κ1) is 22.9. The zero-order valence-corrected chi connectivity index (χ0v) is 23.3. The molecule has 2 heterocycles. The molecule has 0 radical (unpaired) electrons. The van der Waals surface area contributed by atoms with E-state index in [0.29, 0.717) is 0 Å². The molecular formula is C41H24N2. The lowest BCUT2D eigenvalue weighted by molar-refractivity contribution is 1.08. The average molecular weight is 545 g/mol. The van der Waals surface area contributed by atoms with Gasteiger partial charge in [-0.1, -0.05) is 121 Å². The van der Waals surface area contributed by atoms with Gasteiger partial charge in [0.1, 0.15) is 5.82 Å². The highest BCUT2D eigenvalue weighted by molar-refractivity contribution is 6.35. The summed E-state index contributed by atoms with van der Waals surface area (Å²) in [6.07, 6.45) is 0. The number of pyridine rings is 1. The number of aromatic nitrogens is 2. The topological polar surface area (TPSA) is 17.8 Å². The molecule has 0 fully saturated rings. The minimum atomic E-state index is 0.930. The van der Waals surface area contributed by atoms with Gasteiger partial charge in [0.2, 0.25) is 0 Å². The maximum atomic E-state index is 5.23. The van der Waals surface area contributed by atoms with Crippen molar-refractivity contribution in [2.24, 2.45) is 0 Å². The van der Waals surface area contributed by atoms with Crippen LogP contribution < -0.4 is 0 Å². The Bertz CT molecular complexity index is 2610. The van der Waals surface area contributed by atoms with E-state index in [4.69, 9.17) is 4.98 Å². The molecule has 2 aromatic heterocycles. The summed E-state index contributed by atoms with van der Waals surface area (Å²) < 4.78 is 2.37. The second kappa shape index (κ2) is 8.40. The fraction of sp³-hybridized carbons (Fsp3) is 0. The summed E-state index contributed by atoms with van der Waals surface area (Å²) in [7, 11) is 0. The predicted molar refractivity (Wildman–Crippen MR) is 181 cm³/mol. The third-order valence-electron chi connectivity index (χ3n) is 9.30. The fourth-order valence-corrected chi connectivity index (χ4v) is 7.61. The Labute approximate surface area is 248 Å². The highest BCUT2D eigenvalue weighted by atomic mass is 15.1. The molecule has 0 N–H and O–H groups in total. The molecule has 0 unspecified atom stereocenters. The van der Waals surface area contributed by atoms with Crippen LogP contribution in [0.25, 0.3) is 93.5 Å². The van der Waals surface area contributed by atoms with E-state index in [0.717, 1.165) is 17.1 Å². The van der Waals surface area contributed by atoms with E-state index < -0.39 is 0 Å². The average Bonchev–Trinajstić information content (AvgIpc) is 3.36. The molecule has 0 saturated heterocycles. The standard InChI is InChI=1S/C41H24N2/c1-2-11-25(12-3-1)33-20-10-22-36(42-33)43-34-21-9-19-32-39-30-17-7-5-15-28(30)27-14-4-6-16-29(27)38(39)31-18-8-13-26-23-24-35(43)41(37(26)31)40(32)34/h1-24H. The van der Waals surface area contributed by atoms with Gasteiger partial charge in [-0.25, -0.2) is 4.98 Å². The van der Waals surface area contributed by atoms with Crippen molar-refractivity contribution in [3.05, 3.63) is 146 Å². The number of hydrogen-bond acceptors (Lipinski definition) is 1. The smallest absolute Gasteiger partial charge is 0.138 e. The van der Waals surface area contributed by atoms with E-state index in [1.807, 2.05) is 6.07 Å². The molecule has 0 spiro atoms. The molecule has 0 bridgehead atoms. The zero-order valence-electron chi connectivity index (χ0n) is 23.3. The summed E-state index contributed by atoms with van der Waals surface area (Å²) in [5.41, 5.74) is 9.66. The van der Waals surface area contributed by atoms with Crippen LogP contribution in [-0.2, 0) is 0 Å². The Morgan fingerprint density at radius 1 is 0.395 bits per heavy atom. The maximum absolute atomic E-state index is 5.23. The van der Waals surface area contributed by atoms with Gasteiger partial charge in [0.05, 0.1) is 16.7 Å². The molecule has 43 heavy (non-hydrogen) atoms. The van der Waals surface area contributed by atoms with Crippen molar-refractivity contribution in [1.82, 2.24) is 9.55 Å². The van der Waals surface area contributed by atoms with Gasteiger partial charge in [-0.15, -0.1) is 0 Å². The van der Waals surface area contributed by atoms with Gasteiger partial charge in [0.15, 0.2) is 0 Å². The third kappa shape index (κ3) is 2.99. The minimum absolute atomic E-state index is 0.930. The summed E-state index contributed by atoms with van der Waals surface area (Å²) in [5.74, 6) is 0.930. The quantitative estimate of drug-likeness (QED) is 0.198. The zero-order chi connectivity index (χ0) is 28.1. The molecule has 198 valence electrons. The number of rotatable bonds is 2. The van der Waals surface area contributed by atoms with Gasteiger partial charge in [0, 0.05) is 16.3 Å². The molecule has 10 rings (SSSR count). The van der Waals surface area contributed by atoms with E-state index >= 15 is 0 Å². The van der Waals surface area contributed by atoms with Crippen molar-refractivity contribution in [3.8, 4) is 39.3 Å². The largest absolute Gasteiger partial charge is 0.294 e. The van der Waals surface area contributed by atoms with Crippen molar-refractivity contribution in [1.29, 1.82) is 0 Å². The monoisotopic (exact) mass is 544 g/mol. The Balaban J connectivity index is 1.43. The molecule has 0 atom stereocenters. The highest BCUT2D eigenvalue weighted by Crippen LogP contribution is 2.53. The van der Waals surface area contributed by atoms with Crippen molar-refractivity contribution >= 4 is 54.1 Å². The molecule has 0 amide bonds. The van der Waals surface area contributed by atoms with E-state index in [1.54, 1.807) is 0 Å². The highest BCUT2D eigenvalue weighted by Gasteiger charge is 2.27. The molecule has 2 heteroatoms. The molecule has 2 nitrogen and oxygen atoms in total. The van der Waals surface area contributed by atoms with Crippen LogP contribution in [0.5, 0.6) is 0 Å². The Morgan fingerprint density at radius 2 is 1.00 bits per heavy atom. The van der Waals surface area contributed by atoms with E-state index in [1.165, 1.54) is 76.4 Å². The molecular weight excluding hydrogens is 520 g/mol. The molecule has 7 aromatic carbocycles. The van der Waals surface area contributed by atoms with Gasteiger partial charge in [-0.3, -0.25) is 4.57 Å². The predicted octanol–water partition coefficient (Wildman–Crippen LogP) is 11.0. The number of nitrogens with zero attached hydrogens (tertiary/aromatic N) is 2. The normalized spacial score (nSPS) is 12.2. The summed E-state index contributed by atoms with van der Waals surface area (Å²) >= 11 is 0. The van der Waals surface area contributed by atoms with Crippen molar-refractivity contribution in [2.75, 3.05) is 0 Å². The van der Waals surface area contributed by atoms with Crippen LogP contribution in [0.1, 0.15) is 0 Å². The van der Waals surface area contributed by atoms with E-state index in [2.05, 4.69) is 144 Å². The van der Waals surface area contributed by atoms with Crippen LogP contribution in [0.15, 0.2) is 146 Å². The van der Waals surface area contributed by atoms with Gasteiger partial charge >= 0.3 is 0 Å². The van der Waals surface area contributed by atoms with Crippen LogP contribution in [0, 0.1) is 0 Å². The van der Waals surface area contributed by atoms with Crippen molar-refractivity contribution in [2.45, 2.75) is 0 Å². The van der Waals surface area contributed by atoms with Gasteiger partial charge in [-0.2, -0.15) is 0 Å². The van der Waals surface area contributed by atoms with Gasteiger partial charge in [-0.05, 0) is 78.8 Å². The number of fused-ring (bicyclic) bond motifs is 8. The van der Waals surface area contributed by atoms with E-state index in [-0.39, 0.29) is 0 Å². The Hall–Kier alpha value is -5.73. The molecule has 0 aliphatic heterocycles. The van der Waals surface area contributed by atoms with Gasteiger partial charge < -0.3 is 0 Å². The maximum Gasteiger partial charge on any atom is 0.138 e. The lowest BCUT2D eigenvalue weighted by atomic mass is 9.84. The van der Waals surface area contributed by atoms with Crippen LogP contribution in [0.4, 0.5) is 0 Å². The Morgan fingerprint density at radius 3 is 1.74 bits per heavy atom. The van der Waals surface area contributed by atoms with E-state index in [9.17, 15) is 0 Å². The number of hydrogen-bond donors (Lipinski definition) is 0. The lowest BCUT2D eigenvalue weighted by Gasteiger charge is -2.19. The minimum Gasteiger partial charge on any atom is -0.294 e.